The first kappa shape index (κ1) is 14.9. The van der Waals surface area contributed by atoms with Gasteiger partial charge in [-0.3, -0.25) is 4.79 Å². The van der Waals surface area contributed by atoms with Crippen LogP contribution in [0.2, 0.25) is 0 Å². The zero-order valence-corrected chi connectivity index (χ0v) is 11.5. The average Bonchev–Trinajstić information content (AvgIpc) is 2.69. The van der Waals surface area contributed by atoms with Crippen LogP contribution in [0.25, 0.3) is 10.4 Å². The van der Waals surface area contributed by atoms with E-state index in [1.165, 1.54) is 4.90 Å². The monoisotopic (exact) mass is 288 g/mol. The standard InChI is InChI=1S/C14H16N4O3/c15-17-16-12-6-8-18(9-7-13(12)19)14(20)21-10-11-4-2-1-3-5-11/h1-5,12H,6-10H2. The lowest BCUT2D eigenvalue weighted by Crippen LogP contribution is -2.32. The van der Waals surface area contributed by atoms with Crippen LogP contribution in [0.15, 0.2) is 35.4 Å². The predicted molar refractivity (Wildman–Crippen MR) is 75.4 cm³/mol. The number of likely N-dealkylation sites (tertiary alicyclic amines) is 1. The van der Waals surface area contributed by atoms with Gasteiger partial charge in [0.1, 0.15) is 12.4 Å². The maximum absolute atomic E-state index is 12.0. The van der Waals surface area contributed by atoms with Crippen molar-refractivity contribution in [1.29, 1.82) is 0 Å². The van der Waals surface area contributed by atoms with Crippen LogP contribution in [0.1, 0.15) is 18.4 Å². The van der Waals surface area contributed by atoms with Crippen molar-refractivity contribution in [3.05, 3.63) is 46.3 Å². The van der Waals surface area contributed by atoms with Crippen LogP contribution < -0.4 is 0 Å². The van der Waals surface area contributed by atoms with E-state index >= 15 is 0 Å². The Morgan fingerprint density at radius 2 is 2.14 bits per heavy atom. The number of hydrogen-bond acceptors (Lipinski definition) is 4. The van der Waals surface area contributed by atoms with E-state index in [1.54, 1.807) is 0 Å². The van der Waals surface area contributed by atoms with E-state index in [2.05, 4.69) is 10.0 Å². The van der Waals surface area contributed by atoms with E-state index in [-0.39, 0.29) is 18.8 Å². The fraction of sp³-hybridized carbons (Fsp3) is 0.429. The zero-order chi connectivity index (χ0) is 15.1. The van der Waals surface area contributed by atoms with Crippen LogP contribution in [0.4, 0.5) is 4.79 Å². The number of hydrogen-bond donors (Lipinski definition) is 0. The molecule has 0 saturated carbocycles. The van der Waals surface area contributed by atoms with Crippen molar-refractivity contribution in [3.8, 4) is 0 Å². The highest BCUT2D eigenvalue weighted by Crippen LogP contribution is 2.13. The molecule has 110 valence electrons. The number of nitrogens with zero attached hydrogens (tertiary/aromatic N) is 4. The van der Waals surface area contributed by atoms with Crippen molar-refractivity contribution in [1.82, 2.24) is 4.90 Å². The largest absolute Gasteiger partial charge is 0.445 e. The van der Waals surface area contributed by atoms with Crippen molar-refractivity contribution >= 4 is 11.9 Å². The Labute approximate surface area is 122 Å². The van der Waals surface area contributed by atoms with Crippen molar-refractivity contribution < 1.29 is 14.3 Å². The first-order chi connectivity index (χ1) is 10.2. The topological polar surface area (TPSA) is 95.4 Å². The number of carbonyl (C=O) groups is 2. The first-order valence-corrected chi connectivity index (χ1v) is 6.73. The minimum atomic E-state index is -0.679. The third-order valence-corrected chi connectivity index (χ3v) is 3.33. The lowest BCUT2D eigenvalue weighted by Gasteiger charge is -2.19. The number of ether oxygens (including phenoxy) is 1. The molecule has 0 N–H and O–H groups in total. The summed E-state index contributed by atoms with van der Waals surface area (Å²) in [6.45, 7) is 0.844. The first-order valence-electron chi connectivity index (χ1n) is 6.73. The number of rotatable bonds is 3. The molecule has 1 saturated heterocycles. The van der Waals surface area contributed by atoms with Crippen molar-refractivity contribution in [2.45, 2.75) is 25.5 Å². The van der Waals surface area contributed by atoms with Gasteiger partial charge in [-0.25, -0.2) is 4.79 Å². The van der Waals surface area contributed by atoms with Gasteiger partial charge < -0.3 is 9.64 Å². The molecule has 1 aliphatic heterocycles. The Kier molecular flexibility index (Phi) is 5.17. The minimum absolute atomic E-state index is 0.133. The smallest absolute Gasteiger partial charge is 0.410 e. The molecule has 1 heterocycles. The molecule has 7 nitrogen and oxygen atoms in total. The van der Waals surface area contributed by atoms with Gasteiger partial charge >= 0.3 is 6.09 Å². The number of azide groups is 1. The Bertz CT molecular complexity index is 555. The number of carbonyl (C=O) groups excluding carboxylic acids is 2. The van der Waals surface area contributed by atoms with Crippen LogP contribution in [0, 0.1) is 0 Å². The zero-order valence-electron chi connectivity index (χ0n) is 11.5. The summed E-state index contributed by atoms with van der Waals surface area (Å²) in [5.74, 6) is -0.133. The van der Waals surface area contributed by atoms with Crippen LogP contribution >= 0.6 is 0 Å². The van der Waals surface area contributed by atoms with Crippen molar-refractivity contribution in [2.24, 2.45) is 5.11 Å². The molecule has 0 bridgehead atoms. The minimum Gasteiger partial charge on any atom is -0.445 e. The average molecular weight is 288 g/mol. The summed E-state index contributed by atoms with van der Waals surface area (Å²) in [5.41, 5.74) is 9.32. The molecule has 0 spiro atoms. The molecule has 1 amide bonds. The second-order valence-electron chi connectivity index (χ2n) is 4.75. The molecule has 1 fully saturated rings. The molecule has 0 aromatic heterocycles. The molecule has 1 aromatic rings. The van der Waals surface area contributed by atoms with E-state index in [1.807, 2.05) is 30.3 Å². The predicted octanol–water partition coefficient (Wildman–Crippen LogP) is 2.67. The van der Waals surface area contributed by atoms with Gasteiger partial charge in [0.15, 0.2) is 0 Å². The third-order valence-electron chi connectivity index (χ3n) is 3.33. The quantitative estimate of drug-likeness (QED) is 0.486. The fourth-order valence-corrected chi connectivity index (χ4v) is 2.14. The molecular formula is C14H16N4O3. The number of ketones is 1. The molecular weight excluding hydrogens is 272 g/mol. The molecule has 2 rings (SSSR count). The Balaban J connectivity index is 1.88. The second kappa shape index (κ2) is 7.31. The molecule has 1 aliphatic rings. The van der Waals surface area contributed by atoms with E-state index in [4.69, 9.17) is 10.3 Å². The van der Waals surface area contributed by atoms with Gasteiger partial charge in [0.25, 0.3) is 0 Å². The third kappa shape index (κ3) is 4.22. The normalized spacial score (nSPS) is 18.6. The van der Waals surface area contributed by atoms with Gasteiger partial charge in [-0.15, -0.1) is 0 Å². The summed E-state index contributed by atoms with van der Waals surface area (Å²) in [6.07, 6.45) is 0.0706. The number of Topliss-reactive ketones (excluding diaryl/α,β-unsaturated/α-hetero) is 1. The Hall–Kier alpha value is -2.53. The molecule has 21 heavy (non-hydrogen) atoms. The van der Waals surface area contributed by atoms with Crippen molar-refractivity contribution in [2.75, 3.05) is 13.1 Å². The summed E-state index contributed by atoms with van der Waals surface area (Å²) in [7, 11) is 0. The van der Waals surface area contributed by atoms with Crippen LogP contribution in [0.3, 0.4) is 0 Å². The molecule has 7 heteroatoms. The Morgan fingerprint density at radius 3 is 2.86 bits per heavy atom. The van der Waals surface area contributed by atoms with E-state index < -0.39 is 12.1 Å². The lowest BCUT2D eigenvalue weighted by molar-refractivity contribution is -0.119. The van der Waals surface area contributed by atoms with E-state index in [0.717, 1.165) is 5.56 Å². The molecule has 0 aliphatic carbocycles. The van der Waals surface area contributed by atoms with Gasteiger partial charge in [-0.05, 0) is 17.5 Å². The number of amides is 1. The molecule has 1 atom stereocenters. The van der Waals surface area contributed by atoms with Crippen molar-refractivity contribution in [3.63, 3.8) is 0 Å². The van der Waals surface area contributed by atoms with Crippen LogP contribution in [0.5, 0.6) is 0 Å². The van der Waals surface area contributed by atoms with Crippen LogP contribution in [-0.2, 0) is 16.1 Å². The van der Waals surface area contributed by atoms with Gasteiger partial charge in [0.2, 0.25) is 0 Å². The highest BCUT2D eigenvalue weighted by Gasteiger charge is 2.26. The lowest BCUT2D eigenvalue weighted by atomic mass is 10.1. The number of benzene rings is 1. The van der Waals surface area contributed by atoms with Gasteiger partial charge in [-0.2, -0.15) is 0 Å². The maximum Gasteiger partial charge on any atom is 0.410 e. The Morgan fingerprint density at radius 1 is 1.38 bits per heavy atom. The summed E-state index contributed by atoms with van der Waals surface area (Å²) >= 11 is 0. The summed E-state index contributed by atoms with van der Waals surface area (Å²) < 4.78 is 5.23. The van der Waals surface area contributed by atoms with Gasteiger partial charge in [-0.1, -0.05) is 35.4 Å². The molecule has 0 radical (unpaired) electrons. The van der Waals surface area contributed by atoms with Gasteiger partial charge in [0.05, 0.1) is 6.04 Å². The fourth-order valence-electron chi connectivity index (χ4n) is 2.14. The summed E-state index contributed by atoms with van der Waals surface area (Å²) in [4.78, 5) is 27.8. The SMILES string of the molecule is [N-]=[N+]=NC1CCN(C(=O)OCc2ccccc2)CCC1=O. The summed E-state index contributed by atoms with van der Waals surface area (Å²) in [5, 5.41) is 3.46. The maximum atomic E-state index is 12.0. The van der Waals surface area contributed by atoms with Gasteiger partial charge in [0, 0.05) is 24.4 Å². The summed E-state index contributed by atoms with van der Waals surface area (Å²) in [6, 6.07) is 8.70. The highest BCUT2D eigenvalue weighted by molar-refractivity contribution is 5.85. The highest BCUT2D eigenvalue weighted by atomic mass is 16.6. The van der Waals surface area contributed by atoms with E-state index in [9.17, 15) is 9.59 Å². The second-order valence-corrected chi connectivity index (χ2v) is 4.75. The molecule has 1 aromatic carbocycles. The van der Waals surface area contributed by atoms with Crippen LogP contribution in [-0.4, -0.2) is 35.9 Å². The van der Waals surface area contributed by atoms with E-state index in [0.29, 0.717) is 19.5 Å². The molecule has 1 unspecified atom stereocenters.